The van der Waals surface area contributed by atoms with Gasteiger partial charge in [-0.25, -0.2) is 0 Å². The highest BCUT2D eigenvalue weighted by Crippen LogP contribution is 2.21. The highest BCUT2D eigenvalue weighted by atomic mass is 16.5. The third-order valence-corrected chi connectivity index (χ3v) is 3.14. The summed E-state index contributed by atoms with van der Waals surface area (Å²) in [6.45, 7) is -0.106. The van der Waals surface area contributed by atoms with Crippen LogP contribution in [0, 0.1) is 0 Å². The Bertz CT molecular complexity index is 767. The monoisotopic (exact) mass is 293 g/mol. The largest absolute Gasteiger partial charge is 0.484 e. The van der Waals surface area contributed by atoms with Crippen LogP contribution in [-0.2, 0) is 0 Å². The Morgan fingerprint density at radius 1 is 1.05 bits per heavy atom. The lowest BCUT2D eigenvalue weighted by Gasteiger charge is -2.08. The molecule has 0 bridgehead atoms. The number of benzene rings is 2. The fraction of sp³-hybridized carbons (Fsp3) is 0.0588. The summed E-state index contributed by atoms with van der Waals surface area (Å²) in [6.07, 6.45) is 0. The summed E-state index contributed by atoms with van der Waals surface area (Å²) >= 11 is 0. The van der Waals surface area contributed by atoms with Crippen LogP contribution in [0.1, 0.15) is 4.79 Å². The maximum atomic E-state index is 12.3. The van der Waals surface area contributed by atoms with E-state index in [-0.39, 0.29) is 12.5 Å². The molecule has 2 N–H and O–H groups in total. The minimum Gasteiger partial charge on any atom is -0.484 e. The fourth-order valence-electron chi connectivity index (χ4n) is 2.13. The quantitative estimate of drug-likeness (QED) is 0.803. The van der Waals surface area contributed by atoms with E-state index in [1.807, 2.05) is 48.5 Å². The van der Waals surface area contributed by atoms with E-state index < -0.39 is 0 Å². The minimum absolute atomic E-state index is 0.106. The number of hydrogen-bond donors (Lipinski definition) is 1. The number of para-hydroxylation sites is 1. The number of hydrogen-bond acceptors (Lipinski definition) is 4. The normalized spacial score (nSPS) is 10.4. The number of nitrogens with two attached hydrogens (primary N) is 1. The SMILES string of the molecule is Nc1cc(-c2ccccc2)n(C(=O)COc2ccccc2)n1. The second kappa shape index (κ2) is 6.13. The number of anilines is 1. The van der Waals surface area contributed by atoms with Gasteiger partial charge in [-0.3, -0.25) is 4.79 Å². The predicted molar refractivity (Wildman–Crippen MR) is 84.6 cm³/mol. The van der Waals surface area contributed by atoms with E-state index >= 15 is 0 Å². The Morgan fingerprint density at radius 2 is 1.68 bits per heavy atom. The number of ether oxygens (including phenoxy) is 1. The van der Waals surface area contributed by atoms with Gasteiger partial charge in [-0.15, -0.1) is 5.10 Å². The van der Waals surface area contributed by atoms with Crippen molar-refractivity contribution in [3.8, 4) is 17.0 Å². The molecule has 1 heterocycles. The Balaban J connectivity index is 1.81. The highest BCUT2D eigenvalue weighted by molar-refractivity contribution is 5.85. The van der Waals surface area contributed by atoms with Crippen molar-refractivity contribution in [3.05, 3.63) is 66.7 Å². The molecule has 0 saturated carbocycles. The minimum atomic E-state index is -0.278. The first kappa shape index (κ1) is 13.9. The van der Waals surface area contributed by atoms with Crippen molar-refractivity contribution in [3.63, 3.8) is 0 Å². The van der Waals surface area contributed by atoms with Crippen molar-refractivity contribution in [2.75, 3.05) is 12.3 Å². The molecule has 0 aliphatic rings. The number of carbonyl (C=O) groups is 1. The molecule has 0 saturated heterocycles. The van der Waals surface area contributed by atoms with Crippen LogP contribution in [0.5, 0.6) is 5.75 Å². The molecule has 3 rings (SSSR count). The van der Waals surface area contributed by atoms with Crippen LogP contribution < -0.4 is 10.5 Å². The molecule has 0 spiro atoms. The van der Waals surface area contributed by atoms with Crippen LogP contribution in [-0.4, -0.2) is 22.3 Å². The summed E-state index contributed by atoms with van der Waals surface area (Å²) < 4.78 is 6.76. The molecular weight excluding hydrogens is 278 g/mol. The topological polar surface area (TPSA) is 70.1 Å². The van der Waals surface area contributed by atoms with Gasteiger partial charge in [-0.2, -0.15) is 4.68 Å². The number of nitrogen functional groups attached to an aromatic ring is 1. The van der Waals surface area contributed by atoms with E-state index in [4.69, 9.17) is 10.5 Å². The van der Waals surface area contributed by atoms with Crippen molar-refractivity contribution >= 4 is 11.7 Å². The zero-order chi connectivity index (χ0) is 15.4. The van der Waals surface area contributed by atoms with Gasteiger partial charge in [0.1, 0.15) is 11.6 Å². The predicted octanol–water partition coefficient (Wildman–Crippen LogP) is 2.85. The van der Waals surface area contributed by atoms with Crippen molar-refractivity contribution in [1.29, 1.82) is 0 Å². The maximum Gasteiger partial charge on any atom is 0.285 e. The molecule has 0 amide bonds. The van der Waals surface area contributed by atoms with E-state index in [0.29, 0.717) is 17.3 Å². The van der Waals surface area contributed by atoms with E-state index in [2.05, 4.69) is 5.10 Å². The molecule has 0 radical (unpaired) electrons. The molecule has 2 aromatic carbocycles. The summed E-state index contributed by atoms with van der Waals surface area (Å²) in [5.74, 6) is 0.656. The lowest BCUT2D eigenvalue weighted by Crippen LogP contribution is -2.21. The number of carbonyl (C=O) groups excluding carboxylic acids is 1. The number of nitrogens with zero attached hydrogens (tertiary/aromatic N) is 2. The highest BCUT2D eigenvalue weighted by Gasteiger charge is 2.15. The average Bonchev–Trinajstić information content (AvgIpc) is 2.96. The first-order valence-corrected chi connectivity index (χ1v) is 6.86. The first-order valence-electron chi connectivity index (χ1n) is 6.86. The molecule has 5 heteroatoms. The van der Waals surface area contributed by atoms with Gasteiger partial charge < -0.3 is 10.5 Å². The van der Waals surface area contributed by atoms with Crippen LogP contribution >= 0.6 is 0 Å². The Morgan fingerprint density at radius 3 is 2.36 bits per heavy atom. The standard InChI is InChI=1S/C17H15N3O2/c18-16-11-15(13-7-3-1-4-8-13)20(19-16)17(21)12-22-14-9-5-2-6-10-14/h1-11H,12H2,(H2,18,19). The summed E-state index contributed by atoms with van der Waals surface area (Å²) in [5.41, 5.74) is 7.26. The van der Waals surface area contributed by atoms with Gasteiger partial charge in [0, 0.05) is 11.6 Å². The summed E-state index contributed by atoms with van der Waals surface area (Å²) in [4.78, 5) is 12.3. The van der Waals surface area contributed by atoms with Crippen molar-refractivity contribution in [2.24, 2.45) is 0 Å². The number of aromatic nitrogens is 2. The smallest absolute Gasteiger partial charge is 0.285 e. The third-order valence-electron chi connectivity index (χ3n) is 3.14. The number of rotatable bonds is 4. The Labute approximate surface area is 127 Å². The van der Waals surface area contributed by atoms with Gasteiger partial charge in [-0.05, 0) is 12.1 Å². The molecule has 5 nitrogen and oxygen atoms in total. The third kappa shape index (κ3) is 2.98. The maximum absolute atomic E-state index is 12.3. The van der Waals surface area contributed by atoms with E-state index in [0.717, 1.165) is 5.56 Å². The lowest BCUT2D eigenvalue weighted by atomic mass is 10.1. The van der Waals surface area contributed by atoms with Gasteiger partial charge in [0.25, 0.3) is 5.91 Å². The summed E-state index contributed by atoms with van der Waals surface area (Å²) in [7, 11) is 0. The molecule has 0 fully saturated rings. The Kier molecular flexibility index (Phi) is 3.87. The van der Waals surface area contributed by atoms with Gasteiger partial charge >= 0.3 is 0 Å². The summed E-state index contributed by atoms with van der Waals surface area (Å²) in [5, 5.41) is 4.06. The second-order valence-electron chi connectivity index (χ2n) is 4.73. The molecule has 0 aliphatic heterocycles. The van der Waals surface area contributed by atoms with Crippen LogP contribution in [0.4, 0.5) is 5.82 Å². The van der Waals surface area contributed by atoms with E-state index in [1.165, 1.54) is 4.68 Å². The van der Waals surface area contributed by atoms with E-state index in [1.54, 1.807) is 18.2 Å². The van der Waals surface area contributed by atoms with Gasteiger partial charge in [0.2, 0.25) is 0 Å². The van der Waals surface area contributed by atoms with Crippen molar-refractivity contribution < 1.29 is 9.53 Å². The van der Waals surface area contributed by atoms with Crippen LogP contribution in [0.2, 0.25) is 0 Å². The Hall–Kier alpha value is -3.08. The molecule has 22 heavy (non-hydrogen) atoms. The van der Waals surface area contributed by atoms with Gasteiger partial charge in [-0.1, -0.05) is 48.5 Å². The average molecular weight is 293 g/mol. The van der Waals surface area contributed by atoms with Gasteiger partial charge in [0.15, 0.2) is 6.61 Å². The molecule has 110 valence electrons. The van der Waals surface area contributed by atoms with Gasteiger partial charge in [0.05, 0.1) is 5.69 Å². The second-order valence-corrected chi connectivity index (χ2v) is 4.73. The van der Waals surface area contributed by atoms with Crippen molar-refractivity contribution in [2.45, 2.75) is 0 Å². The zero-order valence-corrected chi connectivity index (χ0v) is 11.8. The molecule has 3 aromatic rings. The van der Waals surface area contributed by atoms with Crippen LogP contribution in [0.25, 0.3) is 11.3 Å². The molecular formula is C17H15N3O2. The fourth-order valence-corrected chi connectivity index (χ4v) is 2.13. The molecule has 0 unspecified atom stereocenters. The first-order chi connectivity index (χ1) is 10.7. The zero-order valence-electron chi connectivity index (χ0n) is 11.8. The van der Waals surface area contributed by atoms with Crippen LogP contribution in [0.15, 0.2) is 66.7 Å². The lowest BCUT2D eigenvalue weighted by molar-refractivity contribution is 0.0824. The summed E-state index contributed by atoms with van der Waals surface area (Å²) in [6, 6.07) is 20.4. The van der Waals surface area contributed by atoms with Crippen molar-refractivity contribution in [1.82, 2.24) is 9.78 Å². The molecule has 0 atom stereocenters. The molecule has 0 aliphatic carbocycles. The van der Waals surface area contributed by atoms with Crippen LogP contribution in [0.3, 0.4) is 0 Å². The molecule has 1 aromatic heterocycles. The van der Waals surface area contributed by atoms with E-state index in [9.17, 15) is 4.79 Å².